The fourth-order valence-corrected chi connectivity index (χ4v) is 4.04. The predicted octanol–water partition coefficient (Wildman–Crippen LogP) is 2.63. The van der Waals surface area contributed by atoms with Crippen LogP contribution >= 0.6 is 15.9 Å². The number of halogens is 1. The first-order valence-corrected chi connectivity index (χ1v) is 8.70. The van der Waals surface area contributed by atoms with Gasteiger partial charge in [-0.2, -0.15) is 0 Å². The Morgan fingerprint density at radius 1 is 1.32 bits per heavy atom. The summed E-state index contributed by atoms with van der Waals surface area (Å²) in [6.07, 6.45) is 3.71. The van der Waals surface area contributed by atoms with E-state index in [0.29, 0.717) is 23.9 Å². The number of nitrogens with one attached hydrogen (secondary N) is 1. The molecule has 0 spiro atoms. The summed E-state index contributed by atoms with van der Waals surface area (Å²) < 4.78 is 6.54. The van der Waals surface area contributed by atoms with Crippen molar-refractivity contribution in [2.75, 3.05) is 0 Å². The molecule has 1 saturated carbocycles. The topological polar surface area (TPSA) is 55.4 Å². The summed E-state index contributed by atoms with van der Waals surface area (Å²) in [5.74, 6) is 0.322. The summed E-state index contributed by atoms with van der Waals surface area (Å²) in [6, 6.07) is 5.97. The number of ether oxygens (including phenoxy) is 1. The van der Waals surface area contributed by atoms with Gasteiger partial charge >= 0.3 is 5.97 Å². The Morgan fingerprint density at radius 2 is 2.18 bits per heavy atom. The zero-order valence-electron chi connectivity index (χ0n) is 12.2. The van der Waals surface area contributed by atoms with E-state index in [0.717, 1.165) is 29.3 Å². The third-order valence-corrected chi connectivity index (χ3v) is 5.45. The van der Waals surface area contributed by atoms with Gasteiger partial charge in [-0.15, -0.1) is 0 Å². The fraction of sp³-hybridized carbons (Fsp3) is 0.529. The van der Waals surface area contributed by atoms with Crippen molar-refractivity contribution < 1.29 is 14.3 Å². The number of esters is 1. The van der Waals surface area contributed by atoms with Crippen LogP contribution in [0.5, 0.6) is 0 Å². The van der Waals surface area contributed by atoms with E-state index < -0.39 is 6.10 Å². The van der Waals surface area contributed by atoms with Crippen molar-refractivity contribution in [2.24, 2.45) is 5.92 Å². The van der Waals surface area contributed by atoms with Crippen LogP contribution in [0.25, 0.3) is 0 Å². The normalized spacial score (nSPS) is 32.9. The third-order valence-electron chi connectivity index (χ3n) is 4.96. The number of carbonyl (C=O) groups excluding carboxylic acids is 2. The number of rotatable bonds is 2. The van der Waals surface area contributed by atoms with Crippen molar-refractivity contribution in [2.45, 2.75) is 50.3 Å². The van der Waals surface area contributed by atoms with Crippen molar-refractivity contribution in [3.63, 3.8) is 0 Å². The second-order valence-electron chi connectivity index (χ2n) is 6.54. The van der Waals surface area contributed by atoms with E-state index in [1.54, 1.807) is 0 Å². The van der Waals surface area contributed by atoms with Gasteiger partial charge in [0.25, 0.3) is 0 Å². The highest BCUT2D eigenvalue weighted by atomic mass is 79.9. The van der Waals surface area contributed by atoms with E-state index >= 15 is 0 Å². The lowest BCUT2D eigenvalue weighted by Crippen LogP contribution is -2.39. The molecule has 4 rings (SSSR count). The molecule has 1 aromatic carbocycles. The molecule has 5 heteroatoms. The number of aryl methyl sites for hydroxylation is 1. The number of hydrogen-bond donors (Lipinski definition) is 1. The Kier molecular flexibility index (Phi) is 3.57. The van der Waals surface area contributed by atoms with Crippen LogP contribution in [0.2, 0.25) is 0 Å². The Hall–Kier alpha value is -1.20. The summed E-state index contributed by atoms with van der Waals surface area (Å²) in [4.78, 5) is 24.9. The molecule has 4 nitrogen and oxygen atoms in total. The molecule has 0 radical (unpaired) electrons. The molecule has 1 N–H and O–H groups in total. The van der Waals surface area contributed by atoms with Crippen molar-refractivity contribution >= 4 is 27.7 Å². The van der Waals surface area contributed by atoms with Crippen LogP contribution in [0, 0.1) is 5.92 Å². The van der Waals surface area contributed by atoms with Gasteiger partial charge in [-0.25, -0.2) is 0 Å². The second-order valence-corrected chi connectivity index (χ2v) is 7.46. The Balaban J connectivity index is 1.48. The van der Waals surface area contributed by atoms with Crippen molar-refractivity contribution in [3.8, 4) is 0 Å². The SMILES string of the molecule is O=C1c2ccc(Br)cc2CCCC1OC(=O)[C@@H]1C[C@H]2C[C@H]2N1. The first-order valence-electron chi connectivity index (χ1n) is 7.91. The van der Waals surface area contributed by atoms with Crippen molar-refractivity contribution in [3.05, 3.63) is 33.8 Å². The van der Waals surface area contributed by atoms with Gasteiger partial charge in [-0.3, -0.25) is 9.59 Å². The molecule has 1 unspecified atom stereocenters. The van der Waals surface area contributed by atoms with Gasteiger partial charge < -0.3 is 10.1 Å². The molecular weight excluding hydrogens is 346 g/mol. The molecule has 4 atom stereocenters. The lowest BCUT2D eigenvalue weighted by molar-refractivity contribution is -0.149. The van der Waals surface area contributed by atoms with Gasteiger partial charge in [0.1, 0.15) is 6.04 Å². The average molecular weight is 364 g/mol. The number of Topliss-reactive ketones (excluding diaryl/α,β-unsaturated/α-hetero) is 1. The van der Waals surface area contributed by atoms with Crippen LogP contribution < -0.4 is 5.32 Å². The van der Waals surface area contributed by atoms with Gasteiger partial charge in [-0.1, -0.05) is 15.9 Å². The standard InChI is InChI=1S/C17H18BrNO3/c18-11-4-5-12-9(6-11)2-1-3-15(16(12)20)22-17(21)14-8-10-7-13(10)19-14/h4-6,10,13-15,19H,1-3,7-8H2/t10-,13-,14+,15?/m1/s1. The maximum Gasteiger partial charge on any atom is 0.323 e. The Bertz CT molecular complexity index is 635. The summed E-state index contributed by atoms with van der Waals surface area (Å²) >= 11 is 3.44. The molecule has 1 aliphatic heterocycles. The van der Waals surface area contributed by atoms with Crippen LogP contribution in [0.1, 0.15) is 41.6 Å². The predicted molar refractivity (Wildman–Crippen MR) is 84.7 cm³/mol. The Morgan fingerprint density at radius 3 is 2.95 bits per heavy atom. The van der Waals surface area contributed by atoms with Gasteiger partial charge in [0.15, 0.2) is 6.10 Å². The van der Waals surface area contributed by atoms with Crippen LogP contribution in [0.4, 0.5) is 0 Å². The number of ketones is 1. The highest BCUT2D eigenvalue weighted by Crippen LogP contribution is 2.41. The van der Waals surface area contributed by atoms with E-state index in [1.807, 2.05) is 18.2 Å². The molecule has 3 aliphatic rings. The van der Waals surface area contributed by atoms with Gasteiger partial charge in [0.2, 0.25) is 5.78 Å². The summed E-state index contributed by atoms with van der Waals surface area (Å²) in [6.45, 7) is 0. The lowest BCUT2D eigenvalue weighted by atomic mass is 10.0. The van der Waals surface area contributed by atoms with E-state index in [-0.39, 0.29) is 17.8 Å². The number of benzene rings is 1. The van der Waals surface area contributed by atoms with Crippen LogP contribution in [-0.2, 0) is 16.0 Å². The lowest BCUT2D eigenvalue weighted by Gasteiger charge is -2.19. The zero-order chi connectivity index (χ0) is 15.3. The molecule has 22 heavy (non-hydrogen) atoms. The fourth-order valence-electron chi connectivity index (χ4n) is 3.63. The van der Waals surface area contributed by atoms with E-state index in [9.17, 15) is 9.59 Å². The quantitative estimate of drug-likeness (QED) is 0.648. The van der Waals surface area contributed by atoms with E-state index in [1.165, 1.54) is 6.42 Å². The summed E-state index contributed by atoms with van der Waals surface area (Å²) in [5, 5.41) is 3.28. The zero-order valence-corrected chi connectivity index (χ0v) is 13.8. The number of carbonyl (C=O) groups is 2. The maximum atomic E-state index is 12.7. The number of hydrogen-bond acceptors (Lipinski definition) is 4. The van der Waals surface area contributed by atoms with Gasteiger partial charge in [-0.05, 0) is 61.8 Å². The number of piperidine rings is 1. The summed E-state index contributed by atoms with van der Waals surface area (Å²) in [7, 11) is 0. The first kappa shape index (κ1) is 14.4. The van der Waals surface area contributed by atoms with Crippen molar-refractivity contribution in [1.29, 1.82) is 0 Å². The minimum atomic E-state index is -0.631. The van der Waals surface area contributed by atoms with E-state index in [2.05, 4.69) is 21.2 Å². The molecule has 1 saturated heterocycles. The van der Waals surface area contributed by atoms with Gasteiger partial charge in [0, 0.05) is 16.1 Å². The monoisotopic (exact) mass is 363 g/mol. The molecule has 0 bridgehead atoms. The molecule has 2 aliphatic carbocycles. The third kappa shape index (κ3) is 2.61. The average Bonchev–Trinajstić information content (AvgIpc) is 3.14. The van der Waals surface area contributed by atoms with Crippen LogP contribution in [-0.4, -0.2) is 29.9 Å². The molecule has 0 aromatic heterocycles. The highest BCUT2D eigenvalue weighted by Gasteiger charge is 2.49. The molecule has 2 fully saturated rings. The largest absolute Gasteiger partial charge is 0.453 e. The van der Waals surface area contributed by atoms with Crippen molar-refractivity contribution in [1.82, 2.24) is 5.32 Å². The number of fused-ring (bicyclic) bond motifs is 2. The minimum absolute atomic E-state index is 0.0588. The second kappa shape index (κ2) is 5.46. The first-order chi connectivity index (χ1) is 10.6. The maximum absolute atomic E-state index is 12.7. The van der Waals surface area contributed by atoms with Crippen LogP contribution in [0.3, 0.4) is 0 Å². The molecule has 116 valence electrons. The minimum Gasteiger partial charge on any atom is -0.453 e. The summed E-state index contributed by atoms with van der Waals surface area (Å²) in [5.41, 5.74) is 1.74. The molecule has 1 heterocycles. The smallest absolute Gasteiger partial charge is 0.323 e. The molecule has 0 amide bonds. The molecule has 1 aromatic rings. The van der Waals surface area contributed by atoms with Crippen LogP contribution in [0.15, 0.2) is 22.7 Å². The van der Waals surface area contributed by atoms with Gasteiger partial charge in [0.05, 0.1) is 0 Å². The Labute approximate surface area is 137 Å². The highest BCUT2D eigenvalue weighted by molar-refractivity contribution is 9.10. The van der Waals surface area contributed by atoms with E-state index in [4.69, 9.17) is 4.74 Å². The molecular formula is C17H18BrNO3.